The molecule has 2 aromatic carbocycles. The van der Waals surface area contributed by atoms with Crippen LogP contribution >= 0.6 is 11.3 Å². The number of hydrogen-bond acceptors (Lipinski definition) is 5. The lowest BCUT2D eigenvalue weighted by molar-refractivity contribution is 0.101. The van der Waals surface area contributed by atoms with Gasteiger partial charge >= 0.3 is 0 Å². The fourth-order valence-corrected chi connectivity index (χ4v) is 5.59. The smallest absolute Gasteiger partial charge is 0.263 e. The molecule has 0 atom stereocenters. The van der Waals surface area contributed by atoms with Crippen LogP contribution in [0, 0.1) is 11.6 Å². The van der Waals surface area contributed by atoms with E-state index in [0.717, 1.165) is 36.3 Å². The molecule has 1 N–H and O–H groups in total. The molecule has 1 fully saturated rings. The number of hydrogen-bond donors (Lipinski definition) is 1. The van der Waals surface area contributed by atoms with Gasteiger partial charge in [0.2, 0.25) is 10.0 Å². The molecule has 6 nitrogen and oxygen atoms in total. The molecule has 10 heteroatoms. The first-order valence-electron chi connectivity index (χ1n) is 8.52. The van der Waals surface area contributed by atoms with E-state index in [1.165, 1.54) is 22.5 Å². The lowest BCUT2D eigenvalue weighted by atomic mass is 10.2. The summed E-state index contributed by atoms with van der Waals surface area (Å²) in [6, 6.07) is 7.67. The van der Waals surface area contributed by atoms with Gasteiger partial charge in [-0.3, -0.25) is 10.1 Å². The average molecular weight is 423 g/mol. The number of anilines is 1. The van der Waals surface area contributed by atoms with E-state index in [4.69, 9.17) is 0 Å². The van der Waals surface area contributed by atoms with Crippen LogP contribution in [-0.2, 0) is 10.0 Å². The van der Waals surface area contributed by atoms with Gasteiger partial charge in [-0.2, -0.15) is 4.31 Å². The van der Waals surface area contributed by atoms with Gasteiger partial charge in [-0.05, 0) is 43.2 Å². The van der Waals surface area contributed by atoms with E-state index in [0.29, 0.717) is 23.3 Å². The highest BCUT2D eigenvalue weighted by atomic mass is 32.2. The SMILES string of the molecule is O=C(Nc1nc2ccc(S(=O)(=O)N3CCCC3)cc2s1)c1c(F)cccc1F. The number of nitrogens with zero attached hydrogens (tertiary/aromatic N) is 2. The van der Waals surface area contributed by atoms with Crippen molar-refractivity contribution in [3.63, 3.8) is 0 Å². The van der Waals surface area contributed by atoms with Crippen molar-refractivity contribution in [2.45, 2.75) is 17.7 Å². The number of benzene rings is 2. The van der Waals surface area contributed by atoms with E-state index < -0.39 is 33.1 Å². The lowest BCUT2D eigenvalue weighted by Crippen LogP contribution is -2.27. The van der Waals surface area contributed by atoms with Gasteiger partial charge < -0.3 is 0 Å². The molecular formula is C18H15F2N3O3S2. The van der Waals surface area contributed by atoms with E-state index in [2.05, 4.69) is 10.3 Å². The molecule has 0 aliphatic carbocycles. The van der Waals surface area contributed by atoms with Crippen LogP contribution in [-0.4, -0.2) is 36.7 Å². The fraction of sp³-hybridized carbons (Fsp3) is 0.222. The maximum atomic E-state index is 13.8. The van der Waals surface area contributed by atoms with Gasteiger partial charge in [0, 0.05) is 13.1 Å². The number of amides is 1. The van der Waals surface area contributed by atoms with Gasteiger partial charge in [-0.25, -0.2) is 22.2 Å². The summed E-state index contributed by atoms with van der Waals surface area (Å²) in [6.45, 7) is 0.997. The molecule has 0 saturated carbocycles. The second kappa shape index (κ2) is 7.19. The maximum absolute atomic E-state index is 13.8. The molecule has 146 valence electrons. The Morgan fingerprint density at radius 1 is 1.11 bits per heavy atom. The third-order valence-corrected chi connectivity index (χ3v) is 7.30. The van der Waals surface area contributed by atoms with Crippen LogP contribution in [0.25, 0.3) is 10.2 Å². The first-order chi connectivity index (χ1) is 13.4. The van der Waals surface area contributed by atoms with Gasteiger partial charge in [0.1, 0.15) is 17.2 Å². The van der Waals surface area contributed by atoms with E-state index in [1.54, 1.807) is 6.07 Å². The number of aromatic nitrogens is 1. The second-order valence-electron chi connectivity index (χ2n) is 6.31. The Labute approximate surface area is 163 Å². The van der Waals surface area contributed by atoms with E-state index in [9.17, 15) is 22.0 Å². The zero-order valence-corrected chi connectivity index (χ0v) is 16.1. The first-order valence-corrected chi connectivity index (χ1v) is 10.8. The molecule has 1 aliphatic rings. The molecule has 1 saturated heterocycles. The van der Waals surface area contributed by atoms with Crippen LogP contribution in [0.15, 0.2) is 41.3 Å². The number of carbonyl (C=O) groups excluding carboxylic acids is 1. The highest BCUT2D eigenvalue weighted by Gasteiger charge is 2.27. The van der Waals surface area contributed by atoms with Crippen molar-refractivity contribution in [2.24, 2.45) is 0 Å². The standard InChI is InChI=1S/C18H15F2N3O3S2/c19-12-4-3-5-13(20)16(12)17(24)22-18-21-14-7-6-11(10-15(14)27-18)28(25,26)23-8-1-2-9-23/h3-7,10H,1-2,8-9H2,(H,21,22,24). The Bertz CT molecular complexity index is 1150. The van der Waals surface area contributed by atoms with Crippen LogP contribution in [0.3, 0.4) is 0 Å². The van der Waals surface area contributed by atoms with Gasteiger partial charge in [-0.15, -0.1) is 0 Å². The largest absolute Gasteiger partial charge is 0.298 e. The molecule has 1 amide bonds. The van der Waals surface area contributed by atoms with Crippen LogP contribution in [0.1, 0.15) is 23.2 Å². The van der Waals surface area contributed by atoms with Crippen LogP contribution < -0.4 is 5.32 Å². The van der Waals surface area contributed by atoms with Crippen molar-refractivity contribution in [1.82, 2.24) is 9.29 Å². The maximum Gasteiger partial charge on any atom is 0.263 e. The van der Waals surface area contributed by atoms with Crippen molar-refractivity contribution in [1.29, 1.82) is 0 Å². The van der Waals surface area contributed by atoms with Gasteiger partial charge in [0.15, 0.2) is 5.13 Å². The van der Waals surface area contributed by atoms with E-state index in [-0.39, 0.29) is 10.0 Å². The summed E-state index contributed by atoms with van der Waals surface area (Å²) in [7, 11) is -3.57. The van der Waals surface area contributed by atoms with E-state index in [1.807, 2.05) is 0 Å². The molecule has 4 rings (SSSR count). The van der Waals surface area contributed by atoms with Crippen molar-refractivity contribution < 1.29 is 22.0 Å². The second-order valence-corrected chi connectivity index (χ2v) is 9.28. The normalized spacial score (nSPS) is 15.2. The number of carbonyl (C=O) groups is 1. The van der Waals surface area contributed by atoms with Crippen molar-refractivity contribution in [2.75, 3.05) is 18.4 Å². The molecule has 3 aromatic rings. The van der Waals surface area contributed by atoms with Crippen molar-refractivity contribution in [3.8, 4) is 0 Å². The Morgan fingerprint density at radius 3 is 2.46 bits per heavy atom. The topological polar surface area (TPSA) is 79.4 Å². The zero-order valence-electron chi connectivity index (χ0n) is 14.5. The molecule has 1 aliphatic heterocycles. The third kappa shape index (κ3) is 3.38. The molecule has 0 unspecified atom stereocenters. The predicted octanol–water partition coefficient (Wildman–Crippen LogP) is 3.61. The summed E-state index contributed by atoms with van der Waals surface area (Å²) < 4.78 is 54.9. The minimum absolute atomic E-state index is 0.123. The van der Waals surface area contributed by atoms with Gasteiger partial charge in [-0.1, -0.05) is 17.4 Å². The minimum atomic E-state index is -3.57. The first kappa shape index (κ1) is 18.9. The summed E-state index contributed by atoms with van der Waals surface area (Å²) >= 11 is 1.03. The third-order valence-electron chi connectivity index (χ3n) is 4.47. The zero-order chi connectivity index (χ0) is 19.9. The lowest BCUT2D eigenvalue weighted by Gasteiger charge is -2.15. The number of thiazole rings is 1. The fourth-order valence-electron chi connectivity index (χ4n) is 3.07. The number of fused-ring (bicyclic) bond motifs is 1. The molecule has 1 aromatic heterocycles. The van der Waals surface area contributed by atoms with Gasteiger partial charge in [0.05, 0.1) is 15.1 Å². The number of sulfonamides is 1. The Morgan fingerprint density at radius 2 is 1.79 bits per heavy atom. The van der Waals surface area contributed by atoms with Crippen LogP contribution in [0.4, 0.5) is 13.9 Å². The quantitative estimate of drug-likeness (QED) is 0.695. The van der Waals surface area contributed by atoms with Crippen LogP contribution in [0.2, 0.25) is 0 Å². The number of halogens is 2. The summed E-state index contributed by atoms with van der Waals surface area (Å²) in [5.74, 6) is -2.91. The van der Waals surface area contributed by atoms with Crippen LogP contribution in [0.5, 0.6) is 0 Å². The van der Waals surface area contributed by atoms with Crippen molar-refractivity contribution in [3.05, 3.63) is 53.6 Å². The summed E-state index contributed by atoms with van der Waals surface area (Å²) in [5.41, 5.74) is -0.214. The minimum Gasteiger partial charge on any atom is -0.298 e. The average Bonchev–Trinajstić information content (AvgIpc) is 3.30. The molecule has 2 heterocycles. The summed E-state index contributed by atoms with van der Waals surface area (Å²) in [4.78, 5) is 16.6. The predicted molar refractivity (Wildman–Crippen MR) is 102 cm³/mol. The Kier molecular flexibility index (Phi) is 4.86. The monoisotopic (exact) mass is 423 g/mol. The van der Waals surface area contributed by atoms with Gasteiger partial charge in [0.25, 0.3) is 5.91 Å². The van der Waals surface area contributed by atoms with Crippen molar-refractivity contribution >= 4 is 42.6 Å². The molecule has 0 radical (unpaired) electrons. The van der Waals surface area contributed by atoms with E-state index >= 15 is 0 Å². The number of rotatable bonds is 4. The molecule has 28 heavy (non-hydrogen) atoms. The molecule has 0 spiro atoms. The number of nitrogens with one attached hydrogen (secondary N) is 1. The highest BCUT2D eigenvalue weighted by Crippen LogP contribution is 2.30. The summed E-state index contributed by atoms with van der Waals surface area (Å²) in [6.07, 6.45) is 1.68. The Balaban J connectivity index is 1.63. The highest BCUT2D eigenvalue weighted by molar-refractivity contribution is 7.89. The molecular weight excluding hydrogens is 408 g/mol. The Hall–Kier alpha value is -2.43. The molecule has 0 bridgehead atoms. The summed E-state index contributed by atoms with van der Waals surface area (Å²) in [5, 5.41) is 2.49.